The molecule has 3 aromatic rings. The Labute approximate surface area is 285 Å². The molecule has 0 bridgehead atoms. The van der Waals surface area contributed by atoms with Crippen molar-refractivity contribution in [3.63, 3.8) is 0 Å². The zero-order valence-corrected chi connectivity index (χ0v) is 28.5. The molecule has 0 spiro atoms. The number of benzene rings is 3. The van der Waals surface area contributed by atoms with Crippen LogP contribution < -0.4 is 30.3 Å². The van der Waals surface area contributed by atoms with Crippen LogP contribution in [0.5, 0.6) is 17.2 Å². The van der Waals surface area contributed by atoms with Crippen molar-refractivity contribution < 1.29 is 28.5 Å². The Morgan fingerprint density at radius 1 is 1.04 bits per heavy atom. The third-order valence-electron chi connectivity index (χ3n) is 6.36. The van der Waals surface area contributed by atoms with Crippen LogP contribution in [-0.2, 0) is 20.9 Å². The van der Waals surface area contributed by atoms with Crippen LogP contribution in [0.4, 0.5) is 0 Å². The second-order valence-corrected chi connectivity index (χ2v) is 11.6. The first-order valence-corrected chi connectivity index (χ1v) is 15.9. The van der Waals surface area contributed by atoms with E-state index in [0.29, 0.717) is 63.0 Å². The number of nitrogens with zero attached hydrogens (tertiary/aromatic N) is 1. The summed E-state index contributed by atoms with van der Waals surface area (Å²) in [7, 11) is 0. The van der Waals surface area contributed by atoms with Crippen molar-refractivity contribution in [1.29, 1.82) is 0 Å². The molecule has 13 heteroatoms. The molecule has 0 aliphatic carbocycles. The molecule has 0 saturated heterocycles. The Morgan fingerprint density at radius 2 is 1.84 bits per heavy atom. The SMILES string of the molecule is CCOC(=O)C1=C(C)NC(=S)N[C@@H]1c1ccccc1OCC(=O)NN=Cc1cc(I)c(OCc2cccc(Cl)c2)c(OCC)c1. The predicted octanol–water partition coefficient (Wildman–Crippen LogP) is 5.81. The van der Waals surface area contributed by atoms with Crippen LogP contribution in [0.3, 0.4) is 0 Å². The molecule has 1 atom stereocenters. The fraction of sp³-hybridized carbons (Fsp3) is 0.250. The van der Waals surface area contributed by atoms with Gasteiger partial charge in [-0.1, -0.05) is 41.9 Å². The second-order valence-electron chi connectivity index (χ2n) is 9.59. The highest BCUT2D eigenvalue weighted by atomic mass is 127. The van der Waals surface area contributed by atoms with Gasteiger partial charge in [-0.2, -0.15) is 5.10 Å². The molecule has 45 heavy (non-hydrogen) atoms. The summed E-state index contributed by atoms with van der Waals surface area (Å²) < 4.78 is 23.8. The highest BCUT2D eigenvalue weighted by Gasteiger charge is 2.32. The highest BCUT2D eigenvalue weighted by molar-refractivity contribution is 14.1. The van der Waals surface area contributed by atoms with Gasteiger partial charge in [0.25, 0.3) is 5.91 Å². The summed E-state index contributed by atoms with van der Waals surface area (Å²) in [5, 5.41) is 11.2. The van der Waals surface area contributed by atoms with Gasteiger partial charge in [0.2, 0.25) is 0 Å². The van der Waals surface area contributed by atoms with Crippen molar-refractivity contribution in [2.45, 2.75) is 33.4 Å². The number of allylic oxidation sites excluding steroid dienone is 1. The van der Waals surface area contributed by atoms with E-state index in [1.165, 1.54) is 6.21 Å². The summed E-state index contributed by atoms with van der Waals surface area (Å²) >= 11 is 13.6. The average Bonchev–Trinajstić information content (AvgIpc) is 2.99. The number of carbonyl (C=O) groups is 2. The van der Waals surface area contributed by atoms with Crippen LogP contribution in [0.2, 0.25) is 5.02 Å². The number of nitrogens with one attached hydrogen (secondary N) is 3. The van der Waals surface area contributed by atoms with Gasteiger partial charge >= 0.3 is 5.97 Å². The molecule has 3 aromatic carbocycles. The van der Waals surface area contributed by atoms with Crippen LogP contribution in [0.15, 0.2) is 77.0 Å². The van der Waals surface area contributed by atoms with Crippen molar-refractivity contribution >= 4 is 69.6 Å². The number of ether oxygens (including phenoxy) is 4. The fourth-order valence-corrected chi connectivity index (χ4v) is 5.72. The quantitative estimate of drug-likeness (QED) is 0.0653. The molecule has 10 nitrogen and oxygen atoms in total. The zero-order chi connectivity index (χ0) is 32.3. The maximum absolute atomic E-state index is 12.8. The summed E-state index contributed by atoms with van der Waals surface area (Å²) in [5.74, 6) is 0.598. The van der Waals surface area contributed by atoms with E-state index in [2.05, 4.69) is 43.8 Å². The van der Waals surface area contributed by atoms with Crippen molar-refractivity contribution in [2.75, 3.05) is 19.8 Å². The van der Waals surface area contributed by atoms with Crippen molar-refractivity contribution in [3.8, 4) is 17.2 Å². The predicted molar refractivity (Wildman–Crippen MR) is 185 cm³/mol. The monoisotopic (exact) mass is 762 g/mol. The Kier molecular flexibility index (Phi) is 12.4. The molecule has 236 valence electrons. The van der Waals surface area contributed by atoms with Gasteiger partial charge in [0, 0.05) is 16.3 Å². The lowest BCUT2D eigenvalue weighted by Crippen LogP contribution is -2.45. The van der Waals surface area contributed by atoms with Gasteiger partial charge in [-0.25, -0.2) is 10.2 Å². The smallest absolute Gasteiger partial charge is 0.338 e. The van der Waals surface area contributed by atoms with Crippen molar-refractivity contribution in [1.82, 2.24) is 16.1 Å². The van der Waals surface area contributed by atoms with Gasteiger partial charge in [-0.15, -0.1) is 0 Å². The molecule has 0 radical (unpaired) electrons. The molecule has 1 aliphatic rings. The third kappa shape index (κ3) is 9.31. The third-order valence-corrected chi connectivity index (χ3v) is 7.62. The molecular formula is C32H32ClIN4O6S. The lowest BCUT2D eigenvalue weighted by atomic mass is 9.95. The van der Waals surface area contributed by atoms with E-state index in [-0.39, 0.29) is 13.2 Å². The van der Waals surface area contributed by atoms with Crippen molar-refractivity contribution in [3.05, 3.63) is 97.2 Å². The first-order valence-electron chi connectivity index (χ1n) is 14.0. The average molecular weight is 763 g/mol. The number of carbonyl (C=O) groups excluding carboxylic acids is 2. The minimum absolute atomic E-state index is 0.222. The van der Waals surface area contributed by atoms with Crippen LogP contribution in [0, 0.1) is 3.57 Å². The summed E-state index contributed by atoms with van der Waals surface area (Å²) in [6, 6.07) is 17.6. The highest BCUT2D eigenvalue weighted by Crippen LogP contribution is 2.35. The topological polar surface area (TPSA) is 120 Å². The molecule has 4 rings (SSSR count). The summed E-state index contributed by atoms with van der Waals surface area (Å²) in [6.45, 7) is 6.04. The number of hydrogen-bond acceptors (Lipinski definition) is 8. The van der Waals surface area contributed by atoms with Crippen LogP contribution in [0.1, 0.15) is 43.5 Å². The number of hydrogen-bond donors (Lipinski definition) is 3. The Hall–Kier alpha value is -3.88. The van der Waals surface area contributed by atoms with Gasteiger partial charge in [0.05, 0.1) is 34.6 Å². The lowest BCUT2D eigenvalue weighted by Gasteiger charge is -2.30. The number of halogens is 2. The van der Waals surface area contributed by atoms with E-state index in [0.717, 1.165) is 9.13 Å². The number of thiocarbonyl (C=S) groups is 1. The number of para-hydroxylation sites is 1. The fourth-order valence-electron chi connectivity index (χ4n) is 4.46. The maximum atomic E-state index is 12.8. The van der Waals surface area contributed by atoms with E-state index in [9.17, 15) is 9.59 Å². The number of hydrazone groups is 1. The zero-order valence-electron chi connectivity index (χ0n) is 24.8. The standard InChI is InChI=1S/C32H32ClIN4O6S/c1-4-41-26-15-21(14-24(34)30(26)44-17-20-9-8-10-22(33)13-20)16-35-38-27(39)18-43-25-12-7-6-11-23(25)29-28(31(40)42-5-2)19(3)36-32(45)37-29/h6-16,29H,4-5,17-18H2,1-3H3,(H,38,39)(H2,36,37,45)/t29-/m1/s1. The number of rotatable bonds is 13. The van der Waals surface area contributed by atoms with Crippen molar-refractivity contribution in [2.24, 2.45) is 5.10 Å². The van der Waals surface area contributed by atoms with Crippen LogP contribution >= 0.6 is 46.4 Å². The number of esters is 1. The minimum atomic E-state index is -0.630. The van der Waals surface area contributed by atoms with Gasteiger partial charge in [-0.3, -0.25) is 4.79 Å². The summed E-state index contributed by atoms with van der Waals surface area (Å²) in [4.78, 5) is 25.4. The van der Waals surface area contributed by atoms with Crippen LogP contribution in [0.25, 0.3) is 0 Å². The molecule has 0 saturated carbocycles. The van der Waals surface area contributed by atoms with E-state index in [1.807, 2.05) is 43.3 Å². The first-order chi connectivity index (χ1) is 21.7. The molecule has 0 fully saturated rings. The minimum Gasteiger partial charge on any atom is -0.490 e. The Bertz CT molecular complexity index is 1630. The van der Waals surface area contributed by atoms with E-state index in [4.69, 9.17) is 42.8 Å². The van der Waals surface area contributed by atoms with E-state index >= 15 is 0 Å². The molecule has 1 amide bonds. The maximum Gasteiger partial charge on any atom is 0.338 e. The summed E-state index contributed by atoms with van der Waals surface area (Å²) in [5.41, 5.74) is 5.69. The largest absolute Gasteiger partial charge is 0.490 e. The Balaban J connectivity index is 1.41. The summed E-state index contributed by atoms with van der Waals surface area (Å²) in [6.07, 6.45) is 1.51. The number of amides is 1. The molecule has 0 unspecified atom stereocenters. The second kappa shape index (κ2) is 16.4. The first kappa shape index (κ1) is 34.0. The van der Waals surface area contributed by atoms with Gasteiger partial charge < -0.3 is 29.6 Å². The van der Waals surface area contributed by atoms with Crippen LogP contribution in [-0.4, -0.2) is 43.0 Å². The normalized spacial score (nSPS) is 14.4. The molecular weight excluding hydrogens is 731 g/mol. The van der Waals surface area contributed by atoms with E-state index in [1.54, 1.807) is 38.1 Å². The lowest BCUT2D eigenvalue weighted by molar-refractivity contribution is -0.139. The van der Waals surface area contributed by atoms with Gasteiger partial charge in [0.1, 0.15) is 12.4 Å². The van der Waals surface area contributed by atoms with Gasteiger partial charge in [0.15, 0.2) is 23.2 Å². The molecule has 1 aliphatic heterocycles. The Morgan fingerprint density at radius 3 is 2.60 bits per heavy atom. The molecule has 1 heterocycles. The molecule has 3 N–H and O–H groups in total. The van der Waals surface area contributed by atoms with Gasteiger partial charge in [-0.05, 0) is 97.0 Å². The molecule has 0 aromatic heterocycles. The van der Waals surface area contributed by atoms with E-state index < -0.39 is 17.9 Å².